The predicted molar refractivity (Wildman–Crippen MR) is 122 cm³/mol. The summed E-state index contributed by atoms with van der Waals surface area (Å²) in [6, 6.07) is 14.7. The highest BCUT2D eigenvalue weighted by Gasteiger charge is 2.26. The summed E-state index contributed by atoms with van der Waals surface area (Å²) in [5.74, 6) is 1.27. The van der Waals surface area contributed by atoms with Gasteiger partial charge < -0.3 is 0 Å². The average molecular weight is 399 g/mol. The van der Waals surface area contributed by atoms with Gasteiger partial charge in [-0.25, -0.2) is 0 Å². The maximum atomic E-state index is 12.9. The van der Waals surface area contributed by atoms with E-state index in [-0.39, 0.29) is 5.78 Å². The number of aldehydes is 1. The molecule has 0 spiro atoms. The summed E-state index contributed by atoms with van der Waals surface area (Å²) >= 11 is 0. The van der Waals surface area contributed by atoms with Gasteiger partial charge in [0.1, 0.15) is 6.29 Å². The molecule has 2 heteroatoms. The molecule has 0 amide bonds. The van der Waals surface area contributed by atoms with Crippen molar-refractivity contribution in [3.05, 3.63) is 93.6 Å². The van der Waals surface area contributed by atoms with Crippen molar-refractivity contribution in [2.24, 2.45) is 0 Å². The minimum Gasteiger partial charge on any atom is -0.298 e. The predicted octanol–water partition coefficient (Wildman–Crippen LogP) is 6.64. The number of ketones is 1. The molecule has 1 fully saturated rings. The average Bonchev–Trinajstić information content (AvgIpc) is 3.21. The molecule has 30 heavy (non-hydrogen) atoms. The van der Waals surface area contributed by atoms with Crippen molar-refractivity contribution in [3.8, 4) is 0 Å². The van der Waals surface area contributed by atoms with E-state index in [9.17, 15) is 9.59 Å². The molecule has 0 saturated heterocycles. The van der Waals surface area contributed by atoms with Crippen LogP contribution in [0.1, 0.15) is 83.5 Å². The Bertz CT molecular complexity index is 1020. The number of rotatable bonds is 6. The Balaban J connectivity index is 1.51. The molecule has 2 nitrogen and oxygen atoms in total. The lowest BCUT2D eigenvalue weighted by Gasteiger charge is -2.31. The number of benzene rings is 2. The molecule has 4 rings (SSSR count). The van der Waals surface area contributed by atoms with Crippen LogP contribution in [0.15, 0.2) is 65.8 Å². The van der Waals surface area contributed by atoms with E-state index >= 15 is 0 Å². The quantitative estimate of drug-likeness (QED) is 0.511. The molecule has 0 bridgehead atoms. The second-order valence-electron chi connectivity index (χ2n) is 8.96. The van der Waals surface area contributed by atoms with Crippen molar-refractivity contribution in [3.63, 3.8) is 0 Å². The lowest BCUT2D eigenvalue weighted by atomic mass is 9.74. The molecule has 2 aliphatic carbocycles. The van der Waals surface area contributed by atoms with E-state index in [1.807, 2.05) is 24.3 Å². The number of carbonyl (C=O) groups excluding carboxylic acids is 2. The summed E-state index contributed by atoms with van der Waals surface area (Å²) in [6.07, 6.45) is 10.6. The van der Waals surface area contributed by atoms with E-state index < -0.39 is 0 Å². The fraction of sp³-hybridized carbons (Fsp3) is 0.357. The highest BCUT2D eigenvalue weighted by molar-refractivity contribution is 5.98. The van der Waals surface area contributed by atoms with Crippen LogP contribution in [0.4, 0.5) is 0 Å². The molecular formula is C28H30O2. The topological polar surface area (TPSA) is 34.1 Å². The Labute approximate surface area is 179 Å². The van der Waals surface area contributed by atoms with Gasteiger partial charge in [-0.2, -0.15) is 0 Å². The summed E-state index contributed by atoms with van der Waals surface area (Å²) < 4.78 is 0. The van der Waals surface area contributed by atoms with Crippen molar-refractivity contribution in [2.45, 2.75) is 64.2 Å². The molecule has 0 atom stereocenters. The fourth-order valence-corrected chi connectivity index (χ4v) is 5.15. The minimum absolute atomic E-state index is 0.181. The Morgan fingerprint density at radius 2 is 1.63 bits per heavy atom. The van der Waals surface area contributed by atoms with Gasteiger partial charge in [0.2, 0.25) is 0 Å². The number of Topliss-reactive ketones (excluding diaryl/α,β-unsaturated/α-hetero) is 1. The number of aryl methyl sites for hydroxylation is 1. The molecule has 1 saturated carbocycles. The first-order chi connectivity index (χ1) is 14.5. The third-order valence-electron chi connectivity index (χ3n) is 6.85. The number of allylic oxidation sites excluding steroid dienone is 4. The molecule has 2 aliphatic rings. The maximum absolute atomic E-state index is 12.9. The van der Waals surface area contributed by atoms with Crippen molar-refractivity contribution in [2.75, 3.05) is 0 Å². The van der Waals surface area contributed by atoms with Gasteiger partial charge >= 0.3 is 0 Å². The molecule has 0 heterocycles. The summed E-state index contributed by atoms with van der Waals surface area (Å²) in [5, 5.41) is 0. The summed E-state index contributed by atoms with van der Waals surface area (Å²) in [6.45, 7) is 4.26. The van der Waals surface area contributed by atoms with E-state index in [4.69, 9.17) is 0 Å². The first kappa shape index (κ1) is 20.5. The number of carbonyl (C=O) groups is 2. The third kappa shape index (κ3) is 4.38. The van der Waals surface area contributed by atoms with Gasteiger partial charge in [-0.1, -0.05) is 54.1 Å². The van der Waals surface area contributed by atoms with Crippen molar-refractivity contribution < 1.29 is 9.59 Å². The molecular weight excluding hydrogens is 368 g/mol. The molecule has 0 N–H and O–H groups in total. The van der Waals surface area contributed by atoms with Crippen LogP contribution in [0, 0.1) is 6.92 Å². The zero-order valence-corrected chi connectivity index (χ0v) is 18.0. The second kappa shape index (κ2) is 8.95. The van der Waals surface area contributed by atoms with Crippen LogP contribution in [0.2, 0.25) is 0 Å². The zero-order valence-electron chi connectivity index (χ0n) is 18.0. The SMILES string of the molecule is CC1=CC=C(C(=O)Cc2cc(C=O)ccc2C2CCC(c3ccccc3C)CC2)C1. The van der Waals surface area contributed by atoms with E-state index in [0.29, 0.717) is 23.8 Å². The Morgan fingerprint density at radius 3 is 2.27 bits per heavy atom. The van der Waals surface area contributed by atoms with Gasteiger partial charge in [-0.15, -0.1) is 0 Å². The van der Waals surface area contributed by atoms with Crippen molar-refractivity contribution in [1.82, 2.24) is 0 Å². The first-order valence-corrected chi connectivity index (χ1v) is 11.1. The Hall–Kier alpha value is -2.74. The first-order valence-electron chi connectivity index (χ1n) is 11.1. The molecule has 2 aromatic carbocycles. The standard InChI is InChI=1S/C28H30O2/c1-19-7-9-24(15-19)28(30)17-25-16-21(18-29)8-14-27(25)23-12-10-22(11-13-23)26-6-4-3-5-20(26)2/h3-9,14,16,18,22-23H,10-13,15,17H2,1-2H3. The van der Waals surface area contributed by atoms with Gasteiger partial charge in [0, 0.05) is 12.0 Å². The van der Waals surface area contributed by atoms with Crippen LogP contribution in [-0.2, 0) is 11.2 Å². The Morgan fingerprint density at radius 1 is 0.933 bits per heavy atom. The lowest BCUT2D eigenvalue weighted by molar-refractivity contribution is -0.115. The summed E-state index contributed by atoms with van der Waals surface area (Å²) in [7, 11) is 0. The normalized spacial score (nSPS) is 21.1. The van der Waals surface area contributed by atoms with Gasteiger partial charge in [-0.3, -0.25) is 9.59 Å². The highest BCUT2D eigenvalue weighted by Crippen LogP contribution is 2.42. The maximum Gasteiger partial charge on any atom is 0.163 e. The van der Waals surface area contributed by atoms with E-state index in [1.54, 1.807) is 0 Å². The molecule has 154 valence electrons. The van der Waals surface area contributed by atoms with Crippen LogP contribution >= 0.6 is 0 Å². The second-order valence-corrected chi connectivity index (χ2v) is 8.96. The monoisotopic (exact) mass is 398 g/mol. The van der Waals surface area contributed by atoms with Gasteiger partial charge in [0.05, 0.1) is 0 Å². The third-order valence-corrected chi connectivity index (χ3v) is 6.85. The number of hydrogen-bond acceptors (Lipinski definition) is 2. The largest absolute Gasteiger partial charge is 0.298 e. The van der Waals surface area contributed by atoms with Gasteiger partial charge in [0.25, 0.3) is 0 Å². The minimum atomic E-state index is 0.181. The van der Waals surface area contributed by atoms with Crippen molar-refractivity contribution >= 4 is 12.1 Å². The van der Waals surface area contributed by atoms with Crippen LogP contribution in [0.5, 0.6) is 0 Å². The van der Waals surface area contributed by atoms with Crippen LogP contribution in [0.3, 0.4) is 0 Å². The summed E-state index contributed by atoms with van der Waals surface area (Å²) in [5.41, 5.74) is 7.95. The molecule has 0 unspecified atom stereocenters. The molecule has 0 aliphatic heterocycles. The van der Waals surface area contributed by atoms with Crippen LogP contribution < -0.4 is 0 Å². The van der Waals surface area contributed by atoms with Crippen LogP contribution in [0.25, 0.3) is 0 Å². The van der Waals surface area contributed by atoms with E-state index in [1.165, 1.54) is 35.1 Å². The van der Waals surface area contributed by atoms with E-state index in [0.717, 1.165) is 36.7 Å². The van der Waals surface area contributed by atoms with Crippen molar-refractivity contribution in [1.29, 1.82) is 0 Å². The fourth-order valence-electron chi connectivity index (χ4n) is 5.15. The van der Waals surface area contributed by atoms with E-state index in [2.05, 4.69) is 44.2 Å². The zero-order chi connectivity index (χ0) is 21.1. The Kier molecular flexibility index (Phi) is 6.13. The van der Waals surface area contributed by atoms with Gasteiger partial charge in [0.15, 0.2) is 5.78 Å². The van der Waals surface area contributed by atoms with Crippen LogP contribution in [-0.4, -0.2) is 12.1 Å². The smallest absolute Gasteiger partial charge is 0.163 e. The summed E-state index contributed by atoms with van der Waals surface area (Å²) in [4.78, 5) is 24.2. The number of hydrogen-bond donors (Lipinski definition) is 0. The molecule has 2 aromatic rings. The highest BCUT2D eigenvalue weighted by atomic mass is 16.1. The lowest BCUT2D eigenvalue weighted by Crippen LogP contribution is -2.16. The van der Waals surface area contributed by atoms with Gasteiger partial charge in [-0.05, 0) is 91.7 Å². The molecule has 0 aromatic heterocycles. The molecule has 0 radical (unpaired) electrons.